The van der Waals surface area contributed by atoms with Crippen molar-refractivity contribution in [2.45, 2.75) is 11.9 Å². The van der Waals surface area contributed by atoms with Crippen molar-refractivity contribution >= 4 is 25.5 Å². The topological polar surface area (TPSA) is 77.2 Å². The molecule has 2 heterocycles. The Morgan fingerprint density at radius 3 is 2.86 bits per heavy atom. The molecule has 2 aromatic rings. The Labute approximate surface area is 84.0 Å². The molecule has 0 bridgehead atoms. The fraction of sp³-hybridized carbons (Fsp3) is 0.167. The summed E-state index contributed by atoms with van der Waals surface area (Å²) in [6, 6.07) is 1.34. The summed E-state index contributed by atoms with van der Waals surface area (Å²) < 4.78 is 23.4. The van der Waals surface area contributed by atoms with Crippen molar-refractivity contribution in [1.29, 1.82) is 0 Å². The molecule has 74 valence electrons. The van der Waals surface area contributed by atoms with Crippen LogP contribution < -0.4 is 0 Å². The van der Waals surface area contributed by atoms with Crippen molar-refractivity contribution in [3.8, 4) is 0 Å². The van der Waals surface area contributed by atoms with Crippen molar-refractivity contribution in [1.82, 2.24) is 19.6 Å². The molecule has 0 unspecified atom stereocenters. The van der Waals surface area contributed by atoms with Gasteiger partial charge in [0.05, 0.1) is 0 Å². The van der Waals surface area contributed by atoms with Crippen molar-refractivity contribution in [3.63, 3.8) is 0 Å². The van der Waals surface area contributed by atoms with Gasteiger partial charge in [-0.2, -0.15) is 14.6 Å². The van der Waals surface area contributed by atoms with E-state index in [0.717, 1.165) is 4.52 Å². The third-order valence-electron chi connectivity index (χ3n) is 1.60. The summed E-state index contributed by atoms with van der Waals surface area (Å²) in [7, 11) is 1.39. The first-order chi connectivity index (χ1) is 6.48. The van der Waals surface area contributed by atoms with Gasteiger partial charge in [0.15, 0.2) is 5.03 Å². The molecule has 0 spiro atoms. The number of rotatable bonds is 1. The van der Waals surface area contributed by atoms with E-state index in [0.29, 0.717) is 5.69 Å². The Balaban J connectivity index is 2.94. The molecule has 2 rings (SSSR count). The van der Waals surface area contributed by atoms with Crippen LogP contribution in [0.15, 0.2) is 17.4 Å². The zero-order chi connectivity index (χ0) is 10.3. The maximum absolute atomic E-state index is 11.1. The molecule has 6 nitrogen and oxygen atoms in total. The number of nitrogens with zero attached hydrogens (tertiary/aromatic N) is 4. The van der Waals surface area contributed by atoms with Crippen LogP contribution in [0, 0.1) is 6.92 Å². The second kappa shape index (κ2) is 2.89. The molecule has 0 N–H and O–H groups in total. The predicted octanol–water partition coefficient (Wildman–Crippen LogP) is 0.360. The summed E-state index contributed by atoms with van der Waals surface area (Å²) >= 11 is 0. The first-order valence-corrected chi connectivity index (χ1v) is 5.91. The predicted molar refractivity (Wildman–Crippen MR) is 48.6 cm³/mol. The number of aryl methyl sites for hydroxylation is 1. The van der Waals surface area contributed by atoms with Gasteiger partial charge >= 0.3 is 0 Å². The van der Waals surface area contributed by atoms with Gasteiger partial charge in [0.1, 0.15) is 6.33 Å². The van der Waals surface area contributed by atoms with Gasteiger partial charge in [0.2, 0.25) is 0 Å². The molecule has 0 atom stereocenters. The lowest BCUT2D eigenvalue weighted by Gasteiger charge is -2.00. The molecule has 0 aliphatic carbocycles. The van der Waals surface area contributed by atoms with E-state index in [1.165, 1.54) is 12.4 Å². The van der Waals surface area contributed by atoms with E-state index in [9.17, 15) is 8.42 Å². The molecule has 2 aromatic heterocycles. The van der Waals surface area contributed by atoms with Crippen LogP contribution in [0.3, 0.4) is 0 Å². The lowest BCUT2D eigenvalue weighted by molar-refractivity contribution is 0.600. The molecule has 0 fully saturated rings. The van der Waals surface area contributed by atoms with Crippen LogP contribution in [0.5, 0.6) is 0 Å². The van der Waals surface area contributed by atoms with Gasteiger partial charge in [-0.3, -0.25) is 0 Å². The minimum absolute atomic E-state index is 0.126. The zero-order valence-corrected chi connectivity index (χ0v) is 8.62. The molecule has 0 saturated heterocycles. The molecule has 0 radical (unpaired) electrons. The van der Waals surface area contributed by atoms with Gasteiger partial charge in [-0.15, -0.1) is 0 Å². The lowest BCUT2D eigenvalue weighted by Crippen LogP contribution is -2.04. The maximum atomic E-state index is 11.1. The summed E-state index contributed by atoms with van der Waals surface area (Å²) in [5, 5.41) is 3.58. The quantitative estimate of drug-likeness (QED) is 0.524. The SMILES string of the molecule is Cc1cc(S(=O)(=O)Cl)n2ncnc2n1. The average Bonchev–Trinajstić information content (AvgIpc) is 2.47. The fourth-order valence-corrected chi connectivity index (χ4v) is 2.05. The summed E-state index contributed by atoms with van der Waals surface area (Å²) in [4.78, 5) is 7.75. The Kier molecular flexibility index (Phi) is 1.93. The van der Waals surface area contributed by atoms with Crippen LogP contribution >= 0.6 is 10.7 Å². The number of halogens is 1. The molecule has 14 heavy (non-hydrogen) atoms. The largest absolute Gasteiger partial charge is 0.278 e. The Bertz CT molecular complexity index is 591. The van der Waals surface area contributed by atoms with E-state index in [-0.39, 0.29) is 10.8 Å². The van der Waals surface area contributed by atoms with Crippen LogP contribution in [0.25, 0.3) is 5.78 Å². The Hall–Kier alpha value is -1.21. The summed E-state index contributed by atoms with van der Waals surface area (Å²) in [5.74, 6) is 0.212. The molecule has 0 aliphatic heterocycles. The van der Waals surface area contributed by atoms with Crippen molar-refractivity contribution in [2.24, 2.45) is 0 Å². The van der Waals surface area contributed by atoms with Crippen LogP contribution in [0.4, 0.5) is 0 Å². The summed E-state index contributed by atoms with van der Waals surface area (Å²) in [6.45, 7) is 1.65. The highest BCUT2D eigenvalue weighted by molar-refractivity contribution is 8.13. The Morgan fingerprint density at radius 2 is 2.21 bits per heavy atom. The van der Waals surface area contributed by atoms with Crippen LogP contribution in [-0.4, -0.2) is 28.0 Å². The molecular formula is C6H5ClN4O2S. The second-order valence-corrected chi connectivity index (χ2v) is 5.16. The standard InChI is InChI=1S/C6H5ClN4O2S/c1-4-2-5(14(7,12)13)11-6(10-4)8-3-9-11/h2-3H,1H3. The van der Waals surface area contributed by atoms with Gasteiger partial charge in [0, 0.05) is 16.4 Å². The average molecular weight is 233 g/mol. The second-order valence-electron chi connectivity index (χ2n) is 2.65. The smallest absolute Gasteiger partial charge is 0.216 e. The first-order valence-electron chi connectivity index (χ1n) is 3.60. The highest BCUT2D eigenvalue weighted by Gasteiger charge is 2.16. The molecule has 0 amide bonds. The van der Waals surface area contributed by atoms with E-state index in [4.69, 9.17) is 10.7 Å². The monoisotopic (exact) mass is 232 g/mol. The van der Waals surface area contributed by atoms with E-state index >= 15 is 0 Å². The summed E-state index contributed by atoms with van der Waals surface area (Å²) in [6.07, 6.45) is 1.22. The number of hydrogen-bond acceptors (Lipinski definition) is 5. The number of hydrogen-bond donors (Lipinski definition) is 0. The van der Waals surface area contributed by atoms with E-state index in [1.54, 1.807) is 6.92 Å². The van der Waals surface area contributed by atoms with E-state index in [1.807, 2.05) is 0 Å². The van der Waals surface area contributed by atoms with Gasteiger partial charge in [0.25, 0.3) is 14.8 Å². The van der Waals surface area contributed by atoms with Crippen molar-refractivity contribution < 1.29 is 8.42 Å². The third-order valence-corrected chi connectivity index (χ3v) is 2.86. The minimum atomic E-state index is -3.83. The molecule has 0 aromatic carbocycles. The van der Waals surface area contributed by atoms with Gasteiger partial charge in [-0.1, -0.05) is 0 Å². The van der Waals surface area contributed by atoms with Gasteiger partial charge in [-0.05, 0) is 13.0 Å². The van der Waals surface area contributed by atoms with Crippen LogP contribution in [0.1, 0.15) is 5.69 Å². The van der Waals surface area contributed by atoms with Crippen LogP contribution in [0.2, 0.25) is 0 Å². The Morgan fingerprint density at radius 1 is 1.50 bits per heavy atom. The van der Waals surface area contributed by atoms with Crippen molar-refractivity contribution in [2.75, 3.05) is 0 Å². The zero-order valence-electron chi connectivity index (χ0n) is 7.05. The normalized spacial score (nSPS) is 12.1. The molecular weight excluding hydrogens is 228 g/mol. The molecule has 8 heteroatoms. The molecule has 0 saturated carbocycles. The van der Waals surface area contributed by atoms with E-state index < -0.39 is 9.05 Å². The van der Waals surface area contributed by atoms with Gasteiger partial charge < -0.3 is 0 Å². The van der Waals surface area contributed by atoms with Crippen LogP contribution in [-0.2, 0) is 9.05 Å². The first kappa shape index (κ1) is 9.35. The minimum Gasteiger partial charge on any atom is -0.216 e. The maximum Gasteiger partial charge on any atom is 0.278 e. The number of aromatic nitrogens is 4. The number of fused-ring (bicyclic) bond motifs is 1. The lowest BCUT2D eigenvalue weighted by atomic mass is 10.5. The third kappa shape index (κ3) is 1.44. The highest BCUT2D eigenvalue weighted by atomic mass is 35.7. The summed E-state index contributed by atoms with van der Waals surface area (Å²) in [5.41, 5.74) is 0.518. The van der Waals surface area contributed by atoms with E-state index in [2.05, 4.69) is 15.1 Å². The molecule has 0 aliphatic rings. The van der Waals surface area contributed by atoms with Crippen molar-refractivity contribution in [3.05, 3.63) is 18.1 Å². The van der Waals surface area contributed by atoms with Gasteiger partial charge in [-0.25, -0.2) is 13.4 Å². The highest BCUT2D eigenvalue weighted by Crippen LogP contribution is 2.15. The fourth-order valence-electron chi connectivity index (χ4n) is 1.07.